The van der Waals surface area contributed by atoms with Gasteiger partial charge in [-0.2, -0.15) is 13.2 Å². The Morgan fingerprint density at radius 3 is 1.86 bits per heavy atom. The second kappa shape index (κ2) is 5.12. The summed E-state index contributed by atoms with van der Waals surface area (Å²) in [7, 11) is 0. The Kier molecular flexibility index (Phi) is 3.73. The van der Waals surface area contributed by atoms with E-state index in [0.717, 1.165) is 19.1 Å². The van der Waals surface area contributed by atoms with E-state index in [9.17, 15) is 23.4 Å². The molecular formula is C16H16F3NO2. The summed E-state index contributed by atoms with van der Waals surface area (Å²) in [5.41, 5.74) is 3.27. The highest BCUT2D eigenvalue weighted by Gasteiger charge is 2.53. The number of halogens is 3. The summed E-state index contributed by atoms with van der Waals surface area (Å²) in [5.74, 6) is -0.628. The van der Waals surface area contributed by atoms with Gasteiger partial charge in [-0.1, -0.05) is 18.2 Å². The minimum atomic E-state index is -4.63. The summed E-state index contributed by atoms with van der Waals surface area (Å²) in [4.78, 5) is 0. The van der Waals surface area contributed by atoms with Gasteiger partial charge in [-0.3, -0.25) is 0 Å². The smallest absolute Gasteiger partial charge is 0.402 e. The van der Waals surface area contributed by atoms with Crippen molar-refractivity contribution in [3.63, 3.8) is 0 Å². The van der Waals surface area contributed by atoms with Crippen LogP contribution in [0.5, 0.6) is 11.5 Å². The quantitative estimate of drug-likeness (QED) is 0.583. The number of phenols is 2. The average Bonchev–Trinajstić information content (AvgIpc) is 2.42. The molecular weight excluding hydrogens is 295 g/mol. The molecule has 0 aliphatic rings. The summed E-state index contributed by atoms with van der Waals surface area (Å²) < 4.78 is 41.2. The SMILES string of the molecule is Cc1ccc(C(C)(c2ccc(N)c(O)c2)C(F)(F)F)cc1O. The maximum absolute atomic E-state index is 13.7. The molecule has 0 heterocycles. The van der Waals surface area contributed by atoms with E-state index < -0.39 is 17.3 Å². The minimum Gasteiger partial charge on any atom is -0.508 e. The van der Waals surface area contributed by atoms with E-state index in [1.165, 1.54) is 24.3 Å². The van der Waals surface area contributed by atoms with Crippen molar-refractivity contribution in [3.05, 3.63) is 53.1 Å². The summed E-state index contributed by atoms with van der Waals surface area (Å²) in [6, 6.07) is 7.28. The molecule has 0 aromatic heterocycles. The fourth-order valence-corrected chi connectivity index (χ4v) is 2.27. The molecule has 0 saturated heterocycles. The van der Waals surface area contributed by atoms with Crippen molar-refractivity contribution < 1.29 is 23.4 Å². The van der Waals surface area contributed by atoms with Gasteiger partial charge in [0.15, 0.2) is 0 Å². The van der Waals surface area contributed by atoms with Gasteiger partial charge in [0.05, 0.1) is 5.69 Å². The van der Waals surface area contributed by atoms with Crippen LogP contribution >= 0.6 is 0 Å². The van der Waals surface area contributed by atoms with Crippen molar-refractivity contribution in [1.82, 2.24) is 0 Å². The maximum atomic E-state index is 13.7. The molecule has 4 N–H and O–H groups in total. The fourth-order valence-electron chi connectivity index (χ4n) is 2.27. The van der Waals surface area contributed by atoms with E-state index >= 15 is 0 Å². The number of hydrogen-bond donors (Lipinski definition) is 3. The van der Waals surface area contributed by atoms with Crippen molar-refractivity contribution in [2.75, 3.05) is 5.73 Å². The number of benzene rings is 2. The van der Waals surface area contributed by atoms with Crippen LogP contribution in [0.1, 0.15) is 23.6 Å². The van der Waals surface area contributed by atoms with Crippen molar-refractivity contribution in [2.45, 2.75) is 25.4 Å². The first-order chi connectivity index (χ1) is 10.1. The van der Waals surface area contributed by atoms with Crippen LogP contribution in [0.2, 0.25) is 0 Å². The highest BCUT2D eigenvalue weighted by molar-refractivity contribution is 5.56. The van der Waals surface area contributed by atoms with Gasteiger partial charge in [0, 0.05) is 0 Å². The third-order valence-corrected chi connectivity index (χ3v) is 3.96. The first kappa shape index (κ1) is 16.0. The first-order valence-corrected chi connectivity index (χ1v) is 6.53. The van der Waals surface area contributed by atoms with Crippen LogP contribution in [0.25, 0.3) is 0 Å². The molecule has 0 fully saturated rings. The lowest BCUT2D eigenvalue weighted by Crippen LogP contribution is -2.40. The van der Waals surface area contributed by atoms with Gasteiger partial charge in [0.25, 0.3) is 0 Å². The lowest BCUT2D eigenvalue weighted by molar-refractivity contribution is -0.173. The van der Waals surface area contributed by atoms with Crippen LogP contribution in [0.15, 0.2) is 36.4 Å². The van der Waals surface area contributed by atoms with E-state index in [4.69, 9.17) is 5.73 Å². The normalized spacial score (nSPS) is 14.6. The number of hydrogen-bond acceptors (Lipinski definition) is 3. The standard InChI is InChI=1S/C16H16F3NO2/c1-9-3-4-10(7-13(9)21)15(2,16(17,18)19)11-5-6-12(20)14(22)8-11/h3-8,21-22H,20H2,1-2H3. The highest BCUT2D eigenvalue weighted by atomic mass is 19.4. The molecule has 2 rings (SSSR count). The number of rotatable bonds is 2. The monoisotopic (exact) mass is 311 g/mol. The topological polar surface area (TPSA) is 66.5 Å². The largest absolute Gasteiger partial charge is 0.508 e. The predicted octanol–water partition coefficient (Wildman–Crippen LogP) is 3.86. The van der Waals surface area contributed by atoms with Crippen LogP contribution in [0, 0.1) is 6.92 Å². The Labute approximate surface area is 125 Å². The van der Waals surface area contributed by atoms with Gasteiger partial charge in [0.1, 0.15) is 16.9 Å². The van der Waals surface area contributed by atoms with Gasteiger partial charge >= 0.3 is 6.18 Å². The first-order valence-electron chi connectivity index (χ1n) is 6.53. The average molecular weight is 311 g/mol. The van der Waals surface area contributed by atoms with Crippen LogP contribution in [0.3, 0.4) is 0 Å². The number of aryl methyl sites for hydroxylation is 1. The zero-order valence-electron chi connectivity index (χ0n) is 12.1. The Balaban J connectivity index is 2.72. The molecule has 0 bridgehead atoms. The molecule has 1 unspecified atom stereocenters. The molecule has 22 heavy (non-hydrogen) atoms. The number of anilines is 1. The van der Waals surface area contributed by atoms with Crippen molar-refractivity contribution in [1.29, 1.82) is 0 Å². The van der Waals surface area contributed by atoms with Gasteiger partial charge in [-0.25, -0.2) is 0 Å². The van der Waals surface area contributed by atoms with Crippen molar-refractivity contribution in [3.8, 4) is 11.5 Å². The van der Waals surface area contributed by atoms with Crippen LogP contribution in [0.4, 0.5) is 18.9 Å². The summed E-state index contributed by atoms with van der Waals surface area (Å²) in [6.07, 6.45) is -4.63. The molecule has 0 radical (unpaired) electrons. The second-order valence-electron chi connectivity index (χ2n) is 5.40. The van der Waals surface area contributed by atoms with Gasteiger partial charge in [-0.15, -0.1) is 0 Å². The zero-order valence-corrected chi connectivity index (χ0v) is 12.1. The number of nitrogens with two attached hydrogens (primary N) is 1. The van der Waals surface area contributed by atoms with Crippen LogP contribution < -0.4 is 5.73 Å². The zero-order chi connectivity index (χ0) is 16.7. The molecule has 0 aliphatic carbocycles. The van der Waals surface area contributed by atoms with Gasteiger partial charge in [-0.05, 0) is 48.7 Å². The molecule has 0 spiro atoms. The summed E-state index contributed by atoms with van der Waals surface area (Å²) in [5, 5.41) is 19.4. The van der Waals surface area contributed by atoms with E-state index in [2.05, 4.69) is 0 Å². The second-order valence-corrected chi connectivity index (χ2v) is 5.40. The molecule has 0 aliphatic heterocycles. The van der Waals surface area contributed by atoms with Gasteiger partial charge < -0.3 is 15.9 Å². The molecule has 0 amide bonds. The van der Waals surface area contributed by atoms with E-state index in [1.807, 2.05) is 0 Å². The Morgan fingerprint density at radius 2 is 1.41 bits per heavy atom. The van der Waals surface area contributed by atoms with E-state index in [-0.39, 0.29) is 22.6 Å². The number of alkyl halides is 3. The molecule has 1 atom stereocenters. The predicted molar refractivity (Wildman–Crippen MR) is 77.9 cm³/mol. The molecule has 2 aromatic carbocycles. The lowest BCUT2D eigenvalue weighted by atomic mass is 9.75. The molecule has 0 saturated carbocycles. The maximum Gasteiger partial charge on any atom is 0.402 e. The third kappa shape index (κ3) is 2.45. The molecule has 3 nitrogen and oxygen atoms in total. The number of phenolic OH excluding ortho intramolecular Hbond substituents is 2. The Morgan fingerprint density at radius 1 is 0.909 bits per heavy atom. The van der Waals surface area contributed by atoms with Crippen LogP contribution in [-0.2, 0) is 5.41 Å². The van der Waals surface area contributed by atoms with Gasteiger partial charge in [0.2, 0.25) is 0 Å². The lowest BCUT2D eigenvalue weighted by Gasteiger charge is -2.33. The molecule has 6 heteroatoms. The number of nitrogen functional groups attached to an aromatic ring is 1. The molecule has 2 aromatic rings. The van der Waals surface area contributed by atoms with Crippen LogP contribution in [-0.4, -0.2) is 16.4 Å². The molecule has 118 valence electrons. The Bertz CT molecular complexity index is 660. The number of aromatic hydroxyl groups is 2. The summed E-state index contributed by atoms with van der Waals surface area (Å²) >= 11 is 0. The fraction of sp³-hybridized carbons (Fsp3) is 0.250. The third-order valence-electron chi connectivity index (χ3n) is 3.96. The van der Waals surface area contributed by atoms with E-state index in [1.54, 1.807) is 6.92 Å². The Hall–Kier alpha value is -2.37. The summed E-state index contributed by atoms with van der Waals surface area (Å²) in [6.45, 7) is 2.60. The minimum absolute atomic E-state index is 0.0000258. The highest BCUT2D eigenvalue weighted by Crippen LogP contribution is 2.48. The van der Waals surface area contributed by atoms with Crippen molar-refractivity contribution in [2.24, 2.45) is 0 Å². The van der Waals surface area contributed by atoms with Crippen molar-refractivity contribution >= 4 is 5.69 Å². The van der Waals surface area contributed by atoms with E-state index in [0.29, 0.717) is 5.56 Å².